The Kier molecular flexibility index (Phi) is 3.75. The van der Waals surface area contributed by atoms with E-state index in [2.05, 4.69) is 0 Å². The van der Waals surface area contributed by atoms with Gasteiger partial charge in [-0.15, -0.1) is 0 Å². The van der Waals surface area contributed by atoms with Gasteiger partial charge in [0.15, 0.2) is 12.1 Å². The average Bonchev–Trinajstić information content (AvgIpc) is 2.69. The van der Waals surface area contributed by atoms with Crippen molar-refractivity contribution in [3.8, 4) is 0 Å². The Bertz CT molecular complexity index is 329. The molecule has 0 unspecified atom stereocenters. The molecule has 2 heterocycles. The van der Waals surface area contributed by atoms with Crippen molar-refractivity contribution in [1.29, 1.82) is 0 Å². The van der Waals surface area contributed by atoms with E-state index in [1.807, 2.05) is 0 Å². The zero-order chi connectivity index (χ0) is 13.5. The van der Waals surface area contributed by atoms with Gasteiger partial charge < -0.3 is 24.1 Å². The zero-order valence-corrected chi connectivity index (χ0v) is 11.1. The van der Waals surface area contributed by atoms with Crippen LogP contribution in [0.15, 0.2) is 0 Å². The fourth-order valence-corrected chi connectivity index (χ4v) is 2.50. The number of carbonyl (C=O) groups is 1. The second-order valence-electron chi connectivity index (χ2n) is 5.24. The van der Waals surface area contributed by atoms with Crippen molar-refractivity contribution in [2.75, 3.05) is 7.11 Å². The van der Waals surface area contributed by atoms with Crippen LogP contribution in [0.5, 0.6) is 0 Å². The molecule has 104 valence electrons. The third-order valence-corrected chi connectivity index (χ3v) is 3.16. The summed E-state index contributed by atoms with van der Waals surface area (Å²) >= 11 is 0. The number of aliphatic hydroxyl groups is 1. The molecule has 18 heavy (non-hydrogen) atoms. The minimum Gasteiger partial charge on any atom is -0.390 e. The fraction of sp³-hybridized carbons (Fsp3) is 0.917. The van der Waals surface area contributed by atoms with Crippen molar-refractivity contribution < 1.29 is 28.8 Å². The van der Waals surface area contributed by atoms with Crippen molar-refractivity contribution in [3.63, 3.8) is 0 Å². The lowest BCUT2D eigenvalue weighted by atomic mass is 10.0. The number of methoxy groups -OCH3 is 1. The van der Waals surface area contributed by atoms with Crippen molar-refractivity contribution >= 4 is 5.78 Å². The van der Waals surface area contributed by atoms with E-state index in [1.165, 1.54) is 14.0 Å². The number of Topliss-reactive ketones (excluding diaryl/α,β-unsaturated/α-hetero) is 1. The van der Waals surface area contributed by atoms with Crippen molar-refractivity contribution in [2.24, 2.45) is 0 Å². The first-order valence-corrected chi connectivity index (χ1v) is 6.05. The van der Waals surface area contributed by atoms with E-state index in [0.29, 0.717) is 0 Å². The Hall–Kier alpha value is -0.530. The fourth-order valence-electron chi connectivity index (χ4n) is 2.50. The minimum atomic E-state index is -0.910. The SMILES string of the molecule is CO[C@@H]1O[C@H]([C@@H](O)CC(C)=O)[C@H]2OC(C)(C)O[C@@H]12. The number of fused-ring (bicyclic) bond motifs is 1. The van der Waals surface area contributed by atoms with E-state index in [1.54, 1.807) is 13.8 Å². The summed E-state index contributed by atoms with van der Waals surface area (Å²) in [7, 11) is 1.51. The highest BCUT2D eigenvalue weighted by molar-refractivity contribution is 5.76. The van der Waals surface area contributed by atoms with Gasteiger partial charge in [0.1, 0.15) is 24.1 Å². The largest absolute Gasteiger partial charge is 0.390 e. The van der Waals surface area contributed by atoms with Crippen LogP contribution in [0.3, 0.4) is 0 Å². The third-order valence-electron chi connectivity index (χ3n) is 3.16. The molecule has 5 atom stereocenters. The van der Waals surface area contributed by atoms with E-state index in [4.69, 9.17) is 18.9 Å². The summed E-state index contributed by atoms with van der Waals surface area (Å²) in [6.45, 7) is 5.03. The molecule has 0 amide bonds. The lowest BCUT2D eigenvalue weighted by Gasteiger charge is -2.25. The highest BCUT2D eigenvalue weighted by Gasteiger charge is 2.57. The summed E-state index contributed by atoms with van der Waals surface area (Å²) < 4.78 is 22.2. The molecule has 0 radical (unpaired) electrons. The van der Waals surface area contributed by atoms with Gasteiger partial charge >= 0.3 is 0 Å². The molecule has 0 aromatic carbocycles. The topological polar surface area (TPSA) is 74.2 Å². The number of rotatable bonds is 4. The van der Waals surface area contributed by atoms with Gasteiger partial charge in [-0.3, -0.25) is 4.79 Å². The van der Waals surface area contributed by atoms with Gasteiger partial charge in [-0.05, 0) is 20.8 Å². The first kappa shape index (κ1) is 13.9. The van der Waals surface area contributed by atoms with Gasteiger partial charge in [-0.25, -0.2) is 0 Å². The Balaban J connectivity index is 2.11. The van der Waals surface area contributed by atoms with E-state index >= 15 is 0 Å². The first-order chi connectivity index (χ1) is 8.34. The Morgan fingerprint density at radius 2 is 2.00 bits per heavy atom. The number of hydrogen-bond donors (Lipinski definition) is 1. The quantitative estimate of drug-likeness (QED) is 0.779. The normalized spacial score (nSPS) is 39.6. The Morgan fingerprint density at radius 1 is 1.39 bits per heavy atom. The first-order valence-electron chi connectivity index (χ1n) is 6.05. The van der Waals surface area contributed by atoms with Crippen LogP contribution in [0.1, 0.15) is 27.2 Å². The van der Waals surface area contributed by atoms with E-state index in [9.17, 15) is 9.90 Å². The minimum absolute atomic E-state index is 0.0358. The van der Waals surface area contributed by atoms with Gasteiger partial charge in [0, 0.05) is 13.5 Å². The molecule has 2 aliphatic rings. The molecule has 2 aliphatic heterocycles. The molecule has 0 aliphatic carbocycles. The molecule has 2 fully saturated rings. The summed E-state index contributed by atoms with van der Waals surface area (Å²) in [5.41, 5.74) is 0. The van der Waals surface area contributed by atoms with Gasteiger partial charge in [0.25, 0.3) is 0 Å². The van der Waals surface area contributed by atoms with Gasteiger partial charge in [0.05, 0.1) is 6.10 Å². The smallest absolute Gasteiger partial charge is 0.186 e. The van der Waals surface area contributed by atoms with Crippen molar-refractivity contribution in [2.45, 2.75) is 63.7 Å². The van der Waals surface area contributed by atoms with Crippen LogP contribution in [0.4, 0.5) is 0 Å². The summed E-state index contributed by atoms with van der Waals surface area (Å²) in [5.74, 6) is -0.828. The summed E-state index contributed by atoms with van der Waals surface area (Å²) in [6.07, 6.45) is -2.86. The third kappa shape index (κ3) is 2.57. The highest BCUT2D eigenvalue weighted by Crippen LogP contribution is 2.40. The van der Waals surface area contributed by atoms with Crippen molar-refractivity contribution in [3.05, 3.63) is 0 Å². The molecule has 0 saturated carbocycles. The van der Waals surface area contributed by atoms with Crippen LogP contribution in [0.25, 0.3) is 0 Å². The highest BCUT2D eigenvalue weighted by atomic mass is 16.8. The number of hydrogen-bond acceptors (Lipinski definition) is 6. The Morgan fingerprint density at radius 3 is 2.56 bits per heavy atom. The number of ketones is 1. The maximum atomic E-state index is 11.1. The molecule has 0 aromatic heterocycles. The van der Waals surface area contributed by atoms with Crippen LogP contribution in [0, 0.1) is 0 Å². The van der Waals surface area contributed by atoms with Crippen molar-refractivity contribution in [1.82, 2.24) is 0 Å². The Labute approximate surface area is 106 Å². The van der Waals surface area contributed by atoms with E-state index in [-0.39, 0.29) is 18.3 Å². The second-order valence-corrected chi connectivity index (χ2v) is 5.24. The predicted molar refractivity (Wildman–Crippen MR) is 60.8 cm³/mol. The molecule has 0 aromatic rings. The number of ether oxygens (including phenoxy) is 4. The molecular weight excluding hydrogens is 240 g/mol. The van der Waals surface area contributed by atoms with Crippen LogP contribution in [-0.4, -0.2) is 54.5 Å². The van der Waals surface area contributed by atoms with Gasteiger partial charge in [-0.1, -0.05) is 0 Å². The average molecular weight is 260 g/mol. The molecule has 0 spiro atoms. The number of carbonyl (C=O) groups excluding carboxylic acids is 1. The lowest BCUT2D eigenvalue weighted by molar-refractivity contribution is -0.236. The van der Waals surface area contributed by atoms with E-state index in [0.717, 1.165) is 0 Å². The maximum Gasteiger partial charge on any atom is 0.186 e. The van der Waals surface area contributed by atoms with Crippen LogP contribution < -0.4 is 0 Å². The number of aliphatic hydroxyl groups excluding tert-OH is 1. The summed E-state index contributed by atoms with van der Waals surface area (Å²) in [6, 6.07) is 0. The molecule has 0 bridgehead atoms. The molecule has 2 saturated heterocycles. The molecular formula is C12H20O6. The monoisotopic (exact) mass is 260 g/mol. The lowest BCUT2D eigenvalue weighted by Crippen LogP contribution is -2.39. The van der Waals surface area contributed by atoms with Crippen LogP contribution >= 0.6 is 0 Å². The second kappa shape index (κ2) is 4.86. The molecule has 2 rings (SSSR count). The van der Waals surface area contributed by atoms with Crippen LogP contribution in [0.2, 0.25) is 0 Å². The molecule has 1 N–H and O–H groups in total. The predicted octanol–water partition coefficient (Wildman–Crippen LogP) is 0.218. The maximum absolute atomic E-state index is 11.1. The molecule has 6 heteroatoms. The summed E-state index contributed by atoms with van der Waals surface area (Å²) in [5, 5.41) is 10.0. The zero-order valence-electron chi connectivity index (χ0n) is 11.1. The van der Waals surface area contributed by atoms with Gasteiger partial charge in [0.2, 0.25) is 0 Å². The molecule has 6 nitrogen and oxygen atoms in total. The standard InChI is InChI=1S/C12H20O6/c1-6(13)5-7(14)8-9-10(11(15-4)16-8)18-12(2,3)17-9/h7-11,14H,5H2,1-4H3/t7-,8+,9+,10+,11+/m0/s1. The summed E-state index contributed by atoms with van der Waals surface area (Å²) in [4.78, 5) is 11.1. The van der Waals surface area contributed by atoms with Crippen LogP contribution in [-0.2, 0) is 23.7 Å². The van der Waals surface area contributed by atoms with Gasteiger partial charge in [-0.2, -0.15) is 0 Å². The van der Waals surface area contributed by atoms with E-state index < -0.39 is 30.4 Å².